The van der Waals surface area contributed by atoms with Crippen molar-refractivity contribution in [2.45, 2.75) is 69.9 Å². The largest absolute Gasteiger partial charge is 0.391 e. The highest BCUT2D eigenvalue weighted by molar-refractivity contribution is 6.08. The molecular weight excluding hydrogens is 228 g/mol. The van der Waals surface area contributed by atoms with Crippen LogP contribution in [0.3, 0.4) is 0 Å². The van der Waals surface area contributed by atoms with Crippen molar-refractivity contribution in [1.29, 1.82) is 0 Å². The number of aliphatic hydroxyl groups is 1. The zero-order valence-electron chi connectivity index (χ0n) is 10.8. The van der Waals surface area contributed by atoms with E-state index >= 15 is 0 Å². The number of hydrogen-bond donors (Lipinski definition) is 1. The van der Waals surface area contributed by atoms with Crippen LogP contribution in [0.25, 0.3) is 0 Å². The Kier molecular flexibility index (Phi) is 3.37. The Morgan fingerprint density at radius 3 is 2.67 bits per heavy atom. The molecule has 1 aliphatic heterocycles. The maximum absolute atomic E-state index is 12.4. The highest BCUT2D eigenvalue weighted by Crippen LogP contribution is 2.33. The molecule has 2 fully saturated rings. The van der Waals surface area contributed by atoms with Crippen molar-refractivity contribution < 1.29 is 9.90 Å². The number of aliphatic hydroxyl groups excluding tert-OH is 1. The van der Waals surface area contributed by atoms with Gasteiger partial charge in [-0.25, -0.2) is 5.01 Å². The number of nitrogens with zero attached hydrogens (tertiary/aromatic N) is 2. The molecule has 3 aliphatic rings. The quantitative estimate of drug-likeness (QED) is 0.774. The van der Waals surface area contributed by atoms with Gasteiger partial charge < -0.3 is 5.11 Å². The summed E-state index contributed by atoms with van der Waals surface area (Å²) in [6.07, 6.45) is 8.93. The van der Waals surface area contributed by atoms with Gasteiger partial charge in [-0.2, -0.15) is 5.10 Å². The minimum Gasteiger partial charge on any atom is -0.391 e. The molecule has 1 heterocycles. The molecule has 1 N–H and O–H groups in total. The molecule has 18 heavy (non-hydrogen) atoms. The van der Waals surface area contributed by atoms with Crippen molar-refractivity contribution in [2.75, 3.05) is 0 Å². The summed E-state index contributed by atoms with van der Waals surface area (Å²) in [5, 5.41) is 16.3. The number of amides is 1. The standard InChI is InChI=1S/C14H22N2O2/c17-13-9-5-4-8-12(13)16-14(18)10-6-2-1-3-7-11(10)15-16/h10,12-13,17H,1-9H2. The highest BCUT2D eigenvalue weighted by atomic mass is 16.3. The summed E-state index contributed by atoms with van der Waals surface area (Å²) in [5.74, 6) is 0.180. The Morgan fingerprint density at radius 1 is 1.06 bits per heavy atom. The second-order valence-electron chi connectivity index (χ2n) is 5.85. The van der Waals surface area contributed by atoms with Gasteiger partial charge in [0.15, 0.2) is 0 Å². The summed E-state index contributed by atoms with van der Waals surface area (Å²) in [6.45, 7) is 0. The molecule has 0 bridgehead atoms. The van der Waals surface area contributed by atoms with E-state index in [1.54, 1.807) is 5.01 Å². The molecule has 3 atom stereocenters. The topological polar surface area (TPSA) is 52.9 Å². The number of hydrazone groups is 1. The highest BCUT2D eigenvalue weighted by Gasteiger charge is 2.41. The molecule has 4 nitrogen and oxygen atoms in total. The van der Waals surface area contributed by atoms with E-state index in [2.05, 4.69) is 5.10 Å². The summed E-state index contributed by atoms with van der Waals surface area (Å²) in [6, 6.07) is -0.0642. The van der Waals surface area contributed by atoms with Crippen molar-refractivity contribution in [3.63, 3.8) is 0 Å². The Hall–Kier alpha value is -0.900. The Bertz CT molecular complexity index is 367. The second-order valence-corrected chi connectivity index (χ2v) is 5.85. The van der Waals surface area contributed by atoms with Crippen LogP contribution in [0.4, 0.5) is 0 Å². The lowest BCUT2D eigenvalue weighted by Crippen LogP contribution is -2.45. The van der Waals surface area contributed by atoms with E-state index < -0.39 is 0 Å². The average molecular weight is 250 g/mol. The van der Waals surface area contributed by atoms with Gasteiger partial charge in [0.2, 0.25) is 0 Å². The van der Waals surface area contributed by atoms with Crippen LogP contribution in [-0.4, -0.2) is 33.9 Å². The summed E-state index contributed by atoms with van der Waals surface area (Å²) >= 11 is 0. The van der Waals surface area contributed by atoms with Crippen molar-refractivity contribution in [3.8, 4) is 0 Å². The Balaban J connectivity index is 1.79. The first-order valence-electron chi connectivity index (χ1n) is 7.36. The van der Waals surface area contributed by atoms with Gasteiger partial charge in [0, 0.05) is 0 Å². The second kappa shape index (κ2) is 5.00. The fourth-order valence-corrected chi connectivity index (χ4v) is 3.52. The van der Waals surface area contributed by atoms with Crippen molar-refractivity contribution >= 4 is 11.6 Å². The van der Waals surface area contributed by atoms with Crippen LogP contribution in [0.5, 0.6) is 0 Å². The van der Waals surface area contributed by atoms with Crippen LogP contribution in [0.15, 0.2) is 5.10 Å². The third-order valence-corrected chi connectivity index (χ3v) is 4.60. The molecule has 0 spiro atoms. The van der Waals surface area contributed by atoms with E-state index in [1.165, 1.54) is 6.42 Å². The van der Waals surface area contributed by atoms with Crippen LogP contribution < -0.4 is 0 Å². The number of fused-ring (bicyclic) bond motifs is 1. The zero-order valence-corrected chi connectivity index (χ0v) is 10.8. The van der Waals surface area contributed by atoms with Gasteiger partial charge in [-0.1, -0.05) is 25.7 Å². The summed E-state index contributed by atoms with van der Waals surface area (Å²) in [7, 11) is 0. The molecule has 2 saturated carbocycles. The van der Waals surface area contributed by atoms with E-state index in [0.29, 0.717) is 0 Å². The van der Waals surface area contributed by atoms with Crippen LogP contribution in [0.1, 0.15) is 57.8 Å². The van der Waals surface area contributed by atoms with E-state index in [-0.39, 0.29) is 24.0 Å². The predicted molar refractivity (Wildman–Crippen MR) is 69.1 cm³/mol. The molecule has 0 radical (unpaired) electrons. The maximum Gasteiger partial charge on any atom is 0.251 e. The van der Waals surface area contributed by atoms with E-state index in [9.17, 15) is 9.90 Å². The molecule has 0 aromatic rings. The zero-order chi connectivity index (χ0) is 12.5. The van der Waals surface area contributed by atoms with Gasteiger partial charge in [-0.15, -0.1) is 0 Å². The van der Waals surface area contributed by atoms with Gasteiger partial charge in [0.1, 0.15) is 0 Å². The third-order valence-electron chi connectivity index (χ3n) is 4.60. The van der Waals surface area contributed by atoms with Gasteiger partial charge >= 0.3 is 0 Å². The molecule has 0 saturated heterocycles. The summed E-state index contributed by atoms with van der Waals surface area (Å²) < 4.78 is 0. The Labute approximate surface area is 108 Å². The van der Waals surface area contributed by atoms with Gasteiger partial charge in [0.05, 0.1) is 23.8 Å². The first-order valence-corrected chi connectivity index (χ1v) is 7.36. The monoisotopic (exact) mass is 250 g/mol. The van der Waals surface area contributed by atoms with Crippen molar-refractivity contribution in [1.82, 2.24) is 5.01 Å². The van der Waals surface area contributed by atoms with E-state index in [1.807, 2.05) is 0 Å². The lowest BCUT2D eigenvalue weighted by Gasteiger charge is -2.32. The number of carbonyl (C=O) groups is 1. The molecule has 2 aliphatic carbocycles. The molecule has 1 amide bonds. The first kappa shape index (κ1) is 12.2. The first-order chi connectivity index (χ1) is 8.77. The SMILES string of the molecule is O=C1C2CCCCCC2=NN1C1CCCCC1O. The molecule has 3 unspecified atom stereocenters. The normalized spacial score (nSPS) is 37.2. The average Bonchev–Trinajstić information content (AvgIpc) is 2.56. The van der Waals surface area contributed by atoms with Gasteiger partial charge in [-0.05, 0) is 32.1 Å². The summed E-state index contributed by atoms with van der Waals surface area (Å²) in [5.41, 5.74) is 1.08. The minimum atomic E-state index is -0.380. The molecule has 100 valence electrons. The smallest absolute Gasteiger partial charge is 0.251 e. The molecule has 0 aromatic carbocycles. The fraction of sp³-hybridized carbons (Fsp3) is 0.857. The summed E-state index contributed by atoms with van der Waals surface area (Å²) in [4.78, 5) is 12.4. The van der Waals surface area contributed by atoms with Crippen LogP contribution in [-0.2, 0) is 4.79 Å². The van der Waals surface area contributed by atoms with Crippen molar-refractivity contribution in [3.05, 3.63) is 0 Å². The van der Waals surface area contributed by atoms with E-state index in [0.717, 1.165) is 57.1 Å². The van der Waals surface area contributed by atoms with Crippen LogP contribution >= 0.6 is 0 Å². The van der Waals surface area contributed by atoms with E-state index in [4.69, 9.17) is 0 Å². The predicted octanol–water partition coefficient (Wildman–Crippen LogP) is 2.07. The molecule has 4 heteroatoms. The maximum atomic E-state index is 12.4. The molecular formula is C14H22N2O2. The number of rotatable bonds is 1. The molecule has 3 rings (SSSR count). The van der Waals surface area contributed by atoms with Gasteiger partial charge in [-0.3, -0.25) is 4.79 Å². The Morgan fingerprint density at radius 2 is 1.83 bits per heavy atom. The van der Waals surface area contributed by atoms with Gasteiger partial charge in [0.25, 0.3) is 5.91 Å². The third kappa shape index (κ3) is 2.07. The van der Waals surface area contributed by atoms with Crippen LogP contribution in [0, 0.1) is 5.92 Å². The number of hydrogen-bond acceptors (Lipinski definition) is 3. The minimum absolute atomic E-state index is 0.0293. The van der Waals surface area contributed by atoms with Crippen LogP contribution in [0.2, 0.25) is 0 Å². The lowest BCUT2D eigenvalue weighted by atomic mass is 9.91. The van der Waals surface area contributed by atoms with Crippen molar-refractivity contribution in [2.24, 2.45) is 11.0 Å². The number of carbonyl (C=O) groups excluding carboxylic acids is 1. The lowest BCUT2D eigenvalue weighted by molar-refractivity contribution is -0.137. The molecule has 0 aromatic heterocycles. The fourth-order valence-electron chi connectivity index (χ4n) is 3.52.